The predicted octanol–water partition coefficient (Wildman–Crippen LogP) is 4.83. The molecule has 3 aliphatic rings. The van der Waals surface area contributed by atoms with Gasteiger partial charge in [0.05, 0.1) is 16.6 Å². The molecule has 32 heavy (non-hydrogen) atoms. The van der Waals surface area contributed by atoms with Crippen LogP contribution in [0.2, 0.25) is 0 Å². The highest BCUT2D eigenvalue weighted by Gasteiger charge is 2.40. The lowest BCUT2D eigenvalue weighted by atomic mass is 9.92. The van der Waals surface area contributed by atoms with Gasteiger partial charge in [0.15, 0.2) is 15.6 Å². The lowest BCUT2D eigenvalue weighted by Gasteiger charge is -2.15. The van der Waals surface area contributed by atoms with Crippen molar-refractivity contribution in [2.45, 2.75) is 74.4 Å². The van der Waals surface area contributed by atoms with Gasteiger partial charge in [-0.3, -0.25) is 9.59 Å². The molecule has 1 heterocycles. The summed E-state index contributed by atoms with van der Waals surface area (Å²) in [5.74, 6) is 0.514. The second kappa shape index (κ2) is 8.34. The molecule has 0 bridgehead atoms. The zero-order chi connectivity index (χ0) is 22.5. The first-order chi connectivity index (χ1) is 15.3. The van der Waals surface area contributed by atoms with Crippen LogP contribution in [0, 0.1) is 12.8 Å². The molecule has 0 spiro atoms. The fourth-order valence-electron chi connectivity index (χ4n) is 4.53. The van der Waals surface area contributed by atoms with Gasteiger partial charge in [0.25, 0.3) is 0 Å². The van der Waals surface area contributed by atoms with Crippen LogP contribution in [0.1, 0.15) is 71.9 Å². The minimum absolute atomic E-state index is 0.0294. The number of sulfone groups is 1. The first kappa shape index (κ1) is 21.7. The van der Waals surface area contributed by atoms with Crippen LogP contribution in [0.3, 0.4) is 0 Å². The van der Waals surface area contributed by atoms with E-state index in [1.807, 2.05) is 19.1 Å². The molecular weight excluding hydrogens is 442 g/mol. The highest BCUT2D eigenvalue weighted by molar-refractivity contribution is 7.92. The minimum atomic E-state index is -3.30. The number of aryl methyl sites for hydroxylation is 1. The highest BCUT2D eigenvalue weighted by atomic mass is 32.2. The third-order valence-corrected chi connectivity index (χ3v) is 9.82. The predicted molar refractivity (Wildman–Crippen MR) is 125 cm³/mol. The van der Waals surface area contributed by atoms with E-state index >= 15 is 0 Å². The number of aromatic nitrogens is 1. The summed E-state index contributed by atoms with van der Waals surface area (Å²) >= 11 is 1.51. The Morgan fingerprint density at radius 1 is 1.19 bits per heavy atom. The number of hydrogen-bond donors (Lipinski definition) is 0. The number of ketones is 2. The molecule has 1 aromatic heterocycles. The number of thiazole rings is 1. The molecule has 168 valence electrons. The summed E-state index contributed by atoms with van der Waals surface area (Å²) in [7, 11) is -3.30. The van der Waals surface area contributed by atoms with Gasteiger partial charge in [-0.2, -0.15) is 0 Å². The van der Waals surface area contributed by atoms with Crippen molar-refractivity contribution in [3.8, 4) is 0 Å². The van der Waals surface area contributed by atoms with Gasteiger partial charge in [0.1, 0.15) is 10.8 Å². The summed E-state index contributed by atoms with van der Waals surface area (Å²) in [4.78, 5) is 31.1. The molecule has 0 aliphatic heterocycles. The fourth-order valence-corrected chi connectivity index (χ4v) is 7.25. The molecule has 5 nitrogen and oxygen atoms in total. The molecule has 0 N–H and O–H groups in total. The molecule has 0 saturated heterocycles. The Morgan fingerprint density at radius 3 is 2.56 bits per heavy atom. The van der Waals surface area contributed by atoms with Gasteiger partial charge in [0.2, 0.25) is 0 Å². The molecule has 5 rings (SSSR count). The second-order valence-electron chi connectivity index (χ2n) is 9.36. The SMILES string of the molecule is Cc1cnc(CC(=O)/C(=C/[C@H]2CCC(=O)C2)c2ccc(S(=O)(=O)C3CC3)c(C3CC3)c2)s1. The number of carbonyl (C=O) groups excluding carboxylic acids is 2. The van der Waals surface area contributed by atoms with Crippen molar-refractivity contribution in [3.05, 3.63) is 51.5 Å². The van der Waals surface area contributed by atoms with Crippen LogP contribution >= 0.6 is 11.3 Å². The summed E-state index contributed by atoms with van der Waals surface area (Å²) < 4.78 is 26.0. The summed E-state index contributed by atoms with van der Waals surface area (Å²) in [5.41, 5.74) is 2.22. The quantitative estimate of drug-likeness (QED) is 0.517. The molecule has 1 atom stereocenters. The molecular formula is C25H27NO4S2. The minimum Gasteiger partial charge on any atom is -0.300 e. The Bertz CT molecular complexity index is 1220. The normalized spacial score (nSPS) is 21.8. The van der Waals surface area contributed by atoms with E-state index in [2.05, 4.69) is 4.98 Å². The third-order valence-electron chi connectivity index (χ3n) is 6.58. The van der Waals surface area contributed by atoms with Crippen LogP contribution < -0.4 is 0 Å². The van der Waals surface area contributed by atoms with Crippen molar-refractivity contribution < 1.29 is 18.0 Å². The zero-order valence-corrected chi connectivity index (χ0v) is 19.8. The summed E-state index contributed by atoms with van der Waals surface area (Å²) in [6.07, 6.45) is 9.17. The standard InChI is InChI=1S/C25H27NO4S2/c1-15-14-26-25(31-15)13-23(28)21(11-16-2-6-19(27)10-16)18-5-9-24(22(12-18)17-3-4-17)32(29,30)20-7-8-20/h5,9,11-12,14,16-17,20H,2-4,6-8,10,13H2,1H3/b21-11+/t16-/m0/s1. The number of nitrogens with zero attached hydrogens (tertiary/aromatic N) is 1. The van der Waals surface area contributed by atoms with E-state index in [1.165, 1.54) is 11.3 Å². The van der Waals surface area contributed by atoms with Crippen LogP contribution in [0.25, 0.3) is 5.57 Å². The van der Waals surface area contributed by atoms with Crippen molar-refractivity contribution in [1.82, 2.24) is 4.98 Å². The first-order valence-electron chi connectivity index (χ1n) is 11.4. The molecule has 0 radical (unpaired) electrons. The molecule has 3 fully saturated rings. The first-order valence-corrected chi connectivity index (χ1v) is 13.7. The Morgan fingerprint density at radius 2 is 1.97 bits per heavy atom. The number of hydrogen-bond acceptors (Lipinski definition) is 6. The van der Waals surface area contributed by atoms with Crippen molar-refractivity contribution in [3.63, 3.8) is 0 Å². The second-order valence-corrected chi connectivity index (χ2v) is 12.9. The molecule has 2 aromatic rings. The van der Waals surface area contributed by atoms with E-state index in [-0.39, 0.29) is 35.1 Å². The van der Waals surface area contributed by atoms with E-state index in [0.29, 0.717) is 23.3 Å². The third kappa shape index (κ3) is 4.50. The fraction of sp³-hybridized carbons (Fsp3) is 0.480. The van der Waals surface area contributed by atoms with E-state index < -0.39 is 9.84 Å². The number of benzene rings is 1. The number of Topliss-reactive ketones (excluding diaryl/α,β-unsaturated/α-hetero) is 2. The van der Waals surface area contributed by atoms with E-state index in [0.717, 1.165) is 53.1 Å². The van der Waals surface area contributed by atoms with Gasteiger partial charge in [-0.25, -0.2) is 13.4 Å². The molecule has 1 aromatic carbocycles. The molecule has 0 unspecified atom stereocenters. The Labute approximate surface area is 192 Å². The lowest BCUT2D eigenvalue weighted by molar-refractivity contribution is -0.117. The molecule has 3 saturated carbocycles. The summed E-state index contributed by atoms with van der Waals surface area (Å²) in [5, 5.41) is 0.524. The van der Waals surface area contributed by atoms with Crippen molar-refractivity contribution in [2.75, 3.05) is 0 Å². The maximum absolute atomic E-state index is 13.4. The van der Waals surface area contributed by atoms with E-state index in [4.69, 9.17) is 0 Å². The number of allylic oxidation sites excluding steroid dienone is 2. The Hall–Kier alpha value is -2.12. The van der Waals surface area contributed by atoms with Gasteiger partial charge < -0.3 is 0 Å². The van der Waals surface area contributed by atoms with Crippen LogP contribution in [0.4, 0.5) is 0 Å². The van der Waals surface area contributed by atoms with E-state index in [9.17, 15) is 18.0 Å². The average Bonchev–Trinajstić information content (AvgIpc) is 3.68. The zero-order valence-electron chi connectivity index (χ0n) is 18.2. The van der Waals surface area contributed by atoms with Crippen molar-refractivity contribution in [2.24, 2.45) is 5.92 Å². The van der Waals surface area contributed by atoms with Gasteiger partial charge in [-0.1, -0.05) is 12.1 Å². The van der Waals surface area contributed by atoms with Crippen LogP contribution in [-0.4, -0.2) is 30.2 Å². The van der Waals surface area contributed by atoms with Crippen LogP contribution in [0.15, 0.2) is 35.4 Å². The highest BCUT2D eigenvalue weighted by Crippen LogP contribution is 2.46. The molecule has 3 aliphatic carbocycles. The van der Waals surface area contributed by atoms with Gasteiger partial charge in [-0.15, -0.1) is 11.3 Å². The van der Waals surface area contributed by atoms with Crippen LogP contribution in [0.5, 0.6) is 0 Å². The maximum Gasteiger partial charge on any atom is 0.181 e. The topological polar surface area (TPSA) is 81.2 Å². The largest absolute Gasteiger partial charge is 0.300 e. The monoisotopic (exact) mass is 469 g/mol. The Balaban J connectivity index is 1.53. The molecule has 0 amide bonds. The van der Waals surface area contributed by atoms with Gasteiger partial charge in [0, 0.05) is 29.5 Å². The maximum atomic E-state index is 13.4. The Kier molecular flexibility index (Phi) is 5.66. The average molecular weight is 470 g/mol. The van der Waals surface area contributed by atoms with Crippen molar-refractivity contribution in [1.29, 1.82) is 0 Å². The smallest absolute Gasteiger partial charge is 0.181 e. The van der Waals surface area contributed by atoms with Crippen molar-refractivity contribution >= 4 is 38.3 Å². The van der Waals surface area contributed by atoms with E-state index in [1.54, 1.807) is 18.3 Å². The summed E-state index contributed by atoms with van der Waals surface area (Å²) in [6.45, 7) is 1.97. The molecule has 7 heteroatoms. The lowest BCUT2D eigenvalue weighted by Crippen LogP contribution is -2.12. The van der Waals surface area contributed by atoms with Gasteiger partial charge in [-0.05, 0) is 74.1 Å². The summed E-state index contributed by atoms with van der Waals surface area (Å²) in [6, 6.07) is 5.43. The van der Waals surface area contributed by atoms with Gasteiger partial charge >= 0.3 is 0 Å². The number of rotatable bonds is 8. The van der Waals surface area contributed by atoms with Crippen LogP contribution in [-0.2, 0) is 25.8 Å². The number of carbonyl (C=O) groups is 2.